The van der Waals surface area contributed by atoms with E-state index in [-0.39, 0.29) is 22.9 Å². The van der Waals surface area contributed by atoms with Gasteiger partial charge in [0, 0.05) is 6.07 Å². The quantitative estimate of drug-likeness (QED) is 0.752. The lowest BCUT2D eigenvalue weighted by molar-refractivity contribution is 0.0522. The molecular formula is C10H10ClFO3. The van der Waals surface area contributed by atoms with E-state index in [9.17, 15) is 9.18 Å². The Bertz CT molecular complexity index is 379. The molecule has 1 aromatic rings. The van der Waals surface area contributed by atoms with Crippen molar-refractivity contribution in [3.8, 4) is 5.75 Å². The van der Waals surface area contributed by atoms with Gasteiger partial charge in [0.2, 0.25) is 0 Å². The average molecular weight is 233 g/mol. The molecule has 15 heavy (non-hydrogen) atoms. The number of rotatable bonds is 3. The number of ether oxygens (including phenoxy) is 2. The third-order valence-electron chi connectivity index (χ3n) is 1.74. The Balaban J connectivity index is 3.15. The van der Waals surface area contributed by atoms with E-state index in [0.717, 1.165) is 6.07 Å². The maximum atomic E-state index is 13.0. The van der Waals surface area contributed by atoms with Crippen LogP contribution in [0.4, 0.5) is 4.39 Å². The fraction of sp³-hybridized carbons (Fsp3) is 0.300. The molecule has 5 heteroatoms. The number of benzene rings is 1. The molecule has 0 aliphatic carbocycles. The predicted octanol–water partition coefficient (Wildman–Crippen LogP) is 2.66. The lowest BCUT2D eigenvalue weighted by atomic mass is 10.2. The topological polar surface area (TPSA) is 35.5 Å². The van der Waals surface area contributed by atoms with E-state index in [1.807, 2.05) is 0 Å². The van der Waals surface area contributed by atoms with Crippen molar-refractivity contribution < 1.29 is 18.7 Å². The van der Waals surface area contributed by atoms with E-state index in [0.29, 0.717) is 0 Å². The van der Waals surface area contributed by atoms with Gasteiger partial charge in [0.05, 0.1) is 18.7 Å². The van der Waals surface area contributed by atoms with Crippen molar-refractivity contribution >= 4 is 17.6 Å². The van der Waals surface area contributed by atoms with Crippen LogP contribution in [0, 0.1) is 5.82 Å². The summed E-state index contributed by atoms with van der Waals surface area (Å²) in [6, 6.07) is 2.24. The first-order chi connectivity index (χ1) is 7.10. The highest BCUT2D eigenvalue weighted by molar-refractivity contribution is 6.31. The van der Waals surface area contributed by atoms with Crippen molar-refractivity contribution in [2.24, 2.45) is 0 Å². The van der Waals surface area contributed by atoms with Gasteiger partial charge in [-0.05, 0) is 13.0 Å². The van der Waals surface area contributed by atoms with Gasteiger partial charge in [-0.3, -0.25) is 0 Å². The van der Waals surface area contributed by atoms with Crippen LogP contribution in [0.25, 0.3) is 0 Å². The van der Waals surface area contributed by atoms with E-state index >= 15 is 0 Å². The van der Waals surface area contributed by atoms with E-state index in [1.54, 1.807) is 6.92 Å². The largest absolute Gasteiger partial charge is 0.496 e. The number of carbonyl (C=O) groups is 1. The minimum Gasteiger partial charge on any atom is -0.496 e. The molecule has 1 aromatic carbocycles. The zero-order chi connectivity index (χ0) is 11.4. The molecule has 0 heterocycles. The van der Waals surface area contributed by atoms with Crippen LogP contribution in [0.5, 0.6) is 5.75 Å². The second-order valence-corrected chi connectivity index (χ2v) is 3.09. The second kappa shape index (κ2) is 4.98. The van der Waals surface area contributed by atoms with Crippen LogP contribution in [0.3, 0.4) is 0 Å². The maximum absolute atomic E-state index is 13.0. The van der Waals surface area contributed by atoms with Crippen LogP contribution < -0.4 is 4.74 Å². The van der Waals surface area contributed by atoms with Crippen molar-refractivity contribution in [3.63, 3.8) is 0 Å². The molecule has 82 valence electrons. The fourth-order valence-electron chi connectivity index (χ4n) is 1.07. The summed E-state index contributed by atoms with van der Waals surface area (Å²) in [6.07, 6.45) is 0. The molecule has 3 nitrogen and oxygen atoms in total. The van der Waals surface area contributed by atoms with Crippen molar-refractivity contribution in [1.82, 2.24) is 0 Å². The normalized spacial score (nSPS) is 9.87. The molecule has 0 radical (unpaired) electrons. The third-order valence-corrected chi connectivity index (χ3v) is 2.03. The van der Waals surface area contributed by atoms with Crippen LogP contribution in [-0.2, 0) is 4.74 Å². The minimum absolute atomic E-state index is 0.107. The van der Waals surface area contributed by atoms with Crippen molar-refractivity contribution in [2.45, 2.75) is 6.92 Å². The van der Waals surface area contributed by atoms with Crippen molar-refractivity contribution in [1.29, 1.82) is 0 Å². The maximum Gasteiger partial charge on any atom is 0.341 e. The summed E-state index contributed by atoms with van der Waals surface area (Å²) in [5, 5.41) is -0.140. The molecule has 0 aromatic heterocycles. The highest BCUT2D eigenvalue weighted by atomic mass is 35.5. The molecule has 0 spiro atoms. The number of halogens is 2. The summed E-state index contributed by atoms with van der Waals surface area (Å²) >= 11 is 5.55. The summed E-state index contributed by atoms with van der Waals surface area (Å²) in [5.41, 5.74) is 0.116. The minimum atomic E-state index is -0.637. The lowest BCUT2D eigenvalue weighted by Gasteiger charge is -2.08. The van der Waals surface area contributed by atoms with Crippen LogP contribution in [0.1, 0.15) is 17.3 Å². The zero-order valence-corrected chi connectivity index (χ0v) is 9.10. The Morgan fingerprint density at radius 2 is 2.20 bits per heavy atom. The SMILES string of the molecule is CCOC(=O)c1cc(Cl)c(F)cc1OC. The first kappa shape index (κ1) is 11.8. The smallest absolute Gasteiger partial charge is 0.341 e. The van der Waals surface area contributed by atoms with Gasteiger partial charge in [-0.2, -0.15) is 0 Å². The molecule has 0 atom stereocenters. The first-order valence-corrected chi connectivity index (χ1v) is 4.68. The van der Waals surface area contributed by atoms with Crippen molar-refractivity contribution in [3.05, 3.63) is 28.5 Å². The Morgan fingerprint density at radius 3 is 2.73 bits per heavy atom. The van der Waals surface area contributed by atoms with E-state index in [2.05, 4.69) is 0 Å². The van der Waals surface area contributed by atoms with E-state index in [4.69, 9.17) is 21.1 Å². The number of methoxy groups -OCH3 is 1. The monoisotopic (exact) mass is 232 g/mol. The molecular weight excluding hydrogens is 223 g/mol. The summed E-state index contributed by atoms with van der Waals surface area (Å²) in [6.45, 7) is 1.91. The number of esters is 1. The number of hydrogen-bond acceptors (Lipinski definition) is 3. The predicted molar refractivity (Wildman–Crippen MR) is 53.9 cm³/mol. The van der Waals surface area contributed by atoms with Gasteiger partial charge >= 0.3 is 5.97 Å². The molecule has 0 aliphatic heterocycles. The Morgan fingerprint density at radius 1 is 1.53 bits per heavy atom. The number of hydrogen-bond donors (Lipinski definition) is 0. The summed E-state index contributed by atoms with van der Waals surface area (Å²) in [5.74, 6) is -1.12. The van der Waals surface area contributed by atoms with Gasteiger partial charge in [0.25, 0.3) is 0 Å². The van der Waals surface area contributed by atoms with Crippen LogP contribution in [0.15, 0.2) is 12.1 Å². The van der Waals surface area contributed by atoms with Gasteiger partial charge in [0.15, 0.2) is 0 Å². The zero-order valence-electron chi connectivity index (χ0n) is 8.34. The third kappa shape index (κ3) is 2.59. The summed E-state index contributed by atoms with van der Waals surface area (Å²) < 4.78 is 22.6. The van der Waals surface area contributed by atoms with Gasteiger partial charge < -0.3 is 9.47 Å². The van der Waals surface area contributed by atoms with E-state index < -0.39 is 11.8 Å². The Hall–Kier alpha value is -1.29. The molecule has 1 rings (SSSR count). The van der Waals surface area contributed by atoms with Gasteiger partial charge in [0.1, 0.15) is 17.1 Å². The molecule has 0 saturated heterocycles. The molecule has 0 fully saturated rings. The van der Waals surface area contributed by atoms with E-state index in [1.165, 1.54) is 13.2 Å². The molecule has 0 aliphatic rings. The van der Waals surface area contributed by atoms with Crippen LogP contribution in [0.2, 0.25) is 5.02 Å². The van der Waals surface area contributed by atoms with Crippen molar-refractivity contribution in [2.75, 3.05) is 13.7 Å². The Labute approximate surface area is 91.7 Å². The molecule has 0 saturated carbocycles. The molecule has 0 bridgehead atoms. The molecule has 0 unspecified atom stereocenters. The summed E-state index contributed by atoms with van der Waals surface area (Å²) in [7, 11) is 1.34. The molecule has 0 N–H and O–H groups in total. The average Bonchev–Trinajstić information content (AvgIpc) is 2.21. The molecule has 0 amide bonds. The second-order valence-electron chi connectivity index (χ2n) is 2.69. The van der Waals surface area contributed by atoms with Gasteiger partial charge in [-0.15, -0.1) is 0 Å². The first-order valence-electron chi connectivity index (χ1n) is 4.30. The van der Waals surface area contributed by atoms with Gasteiger partial charge in [-0.1, -0.05) is 11.6 Å². The highest BCUT2D eigenvalue weighted by Crippen LogP contribution is 2.26. The lowest BCUT2D eigenvalue weighted by Crippen LogP contribution is -2.07. The highest BCUT2D eigenvalue weighted by Gasteiger charge is 2.16. The van der Waals surface area contributed by atoms with Gasteiger partial charge in [-0.25, -0.2) is 9.18 Å². The van der Waals surface area contributed by atoms with Crippen LogP contribution in [-0.4, -0.2) is 19.7 Å². The summed E-state index contributed by atoms with van der Waals surface area (Å²) in [4.78, 5) is 11.4. The fourth-order valence-corrected chi connectivity index (χ4v) is 1.23. The van der Waals surface area contributed by atoms with Crippen LogP contribution >= 0.6 is 11.6 Å². The standard InChI is InChI=1S/C10H10ClFO3/c1-3-15-10(13)6-4-7(11)8(12)5-9(6)14-2/h4-5H,3H2,1-2H3. The number of carbonyl (C=O) groups excluding carboxylic acids is 1. The Kier molecular flexibility index (Phi) is 3.91.